The van der Waals surface area contributed by atoms with E-state index in [1.165, 1.54) is 0 Å². The molecule has 0 bridgehead atoms. The Kier molecular flexibility index (Phi) is 6.11. The van der Waals surface area contributed by atoms with Crippen LogP contribution in [-0.2, 0) is 0 Å². The van der Waals surface area contributed by atoms with Gasteiger partial charge < -0.3 is 21.1 Å². The van der Waals surface area contributed by atoms with Crippen LogP contribution in [0.1, 0.15) is 12.0 Å². The van der Waals surface area contributed by atoms with Gasteiger partial charge in [-0.15, -0.1) is 0 Å². The quantitative estimate of drug-likeness (QED) is 0.555. The van der Waals surface area contributed by atoms with Gasteiger partial charge in [-0.25, -0.2) is 4.79 Å². The number of hydrogen-bond acceptors (Lipinski definition) is 3. The van der Waals surface area contributed by atoms with Gasteiger partial charge in [-0.1, -0.05) is 29.8 Å². The van der Waals surface area contributed by atoms with Crippen molar-refractivity contribution >= 4 is 29.0 Å². The third kappa shape index (κ3) is 5.38. The Hall–Kier alpha value is -2.40. The lowest BCUT2D eigenvalue weighted by molar-refractivity contribution is 0.250. The molecule has 2 amide bonds. The lowest BCUT2D eigenvalue weighted by Crippen LogP contribution is -2.30. The van der Waals surface area contributed by atoms with Gasteiger partial charge in [0.1, 0.15) is 5.75 Å². The zero-order valence-corrected chi connectivity index (χ0v) is 13.7. The molecule has 0 saturated heterocycles. The first-order valence-electron chi connectivity index (χ1n) is 7.34. The topological polar surface area (TPSA) is 76.4 Å². The normalized spacial score (nSPS) is 10.2. The van der Waals surface area contributed by atoms with Crippen molar-refractivity contribution in [2.45, 2.75) is 13.3 Å². The largest absolute Gasteiger partial charge is 0.493 e. The molecule has 2 aromatic carbocycles. The van der Waals surface area contributed by atoms with Crippen molar-refractivity contribution in [2.75, 3.05) is 24.2 Å². The minimum Gasteiger partial charge on any atom is -0.493 e. The molecule has 0 atom stereocenters. The Morgan fingerprint density at radius 1 is 1.26 bits per heavy atom. The van der Waals surface area contributed by atoms with Gasteiger partial charge in [-0.05, 0) is 43.2 Å². The number of para-hydroxylation sites is 1. The van der Waals surface area contributed by atoms with Crippen molar-refractivity contribution in [2.24, 2.45) is 0 Å². The zero-order valence-electron chi connectivity index (χ0n) is 12.9. The van der Waals surface area contributed by atoms with Crippen LogP contribution in [0, 0.1) is 6.92 Å². The van der Waals surface area contributed by atoms with Crippen molar-refractivity contribution in [3.63, 3.8) is 0 Å². The van der Waals surface area contributed by atoms with E-state index in [0.29, 0.717) is 36.0 Å². The molecule has 0 fully saturated rings. The highest BCUT2D eigenvalue weighted by Gasteiger charge is 2.05. The van der Waals surface area contributed by atoms with Crippen LogP contribution < -0.4 is 21.1 Å². The third-order valence-corrected chi connectivity index (χ3v) is 3.51. The van der Waals surface area contributed by atoms with Crippen molar-refractivity contribution < 1.29 is 9.53 Å². The molecule has 0 saturated carbocycles. The van der Waals surface area contributed by atoms with E-state index in [1.54, 1.807) is 18.2 Å². The van der Waals surface area contributed by atoms with Crippen LogP contribution >= 0.6 is 11.6 Å². The molecule has 0 unspecified atom stereocenters. The Labute approximate surface area is 140 Å². The molecule has 5 nitrogen and oxygen atoms in total. The number of rotatable bonds is 6. The second kappa shape index (κ2) is 8.29. The molecular weight excluding hydrogens is 314 g/mol. The van der Waals surface area contributed by atoms with Gasteiger partial charge >= 0.3 is 6.03 Å². The van der Waals surface area contributed by atoms with Gasteiger partial charge in [-0.2, -0.15) is 0 Å². The number of nitrogens with two attached hydrogens (primary N) is 1. The van der Waals surface area contributed by atoms with Crippen LogP contribution in [0.4, 0.5) is 16.2 Å². The summed E-state index contributed by atoms with van der Waals surface area (Å²) >= 11 is 6.00. The zero-order chi connectivity index (χ0) is 16.7. The van der Waals surface area contributed by atoms with Crippen LogP contribution in [0.3, 0.4) is 0 Å². The summed E-state index contributed by atoms with van der Waals surface area (Å²) in [5.74, 6) is 0.866. The molecule has 0 aliphatic rings. The number of carbonyl (C=O) groups is 1. The number of amides is 2. The molecule has 0 spiro atoms. The monoisotopic (exact) mass is 333 g/mol. The number of nitrogens with one attached hydrogen (secondary N) is 2. The first-order valence-corrected chi connectivity index (χ1v) is 7.72. The number of benzene rings is 2. The summed E-state index contributed by atoms with van der Waals surface area (Å²) < 4.78 is 5.66. The predicted octanol–water partition coefficient (Wildman–Crippen LogP) is 3.82. The van der Waals surface area contributed by atoms with Crippen molar-refractivity contribution in [3.8, 4) is 5.75 Å². The Balaban J connectivity index is 1.68. The van der Waals surface area contributed by atoms with E-state index in [1.807, 2.05) is 31.2 Å². The lowest BCUT2D eigenvalue weighted by atomic mass is 10.2. The van der Waals surface area contributed by atoms with Crippen LogP contribution in [-0.4, -0.2) is 19.2 Å². The van der Waals surface area contributed by atoms with E-state index in [-0.39, 0.29) is 6.03 Å². The molecule has 6 heteroatoms. The highest BCUT2D eigenvalue weighted by atomic mass is 35.5. The van der Waals surface area contributed by atoms with Crippen LogP contribution in [0.2, 0.25) is 5.02 Å². The summed E-state index contributed by atoms with van der Waals surface area (Å²) in [5, 5.41) is 5.84. The predicted molar refractivity (Wildman–Crippen MR) is 94.2 cm³/mol. The molecule has 0 aliphatic heterocycles. The van der Waals surface area contributed by atoms with E-state index in [0.717, 1.165) is 11.3 Å². The van der Waals surface area contributed by atoms with E-state index in [9.17, 15) is 4.79 Å². The number of halogens is 1. The number of anilines is 2. The van der Waals surface area contributed by atoms with Crippen LogP contribution in [0.15, 0.2) is 42.5 Å². The van der Waals surface area contributed by atoms with Gasteiger partial charge in [0.05, 0.1) is 17.3 Å². The summed E-state index contributed by atoms with van der Waals surface area (Å²) in [6, 6.07) is 12.5. The molecular formula is C17H20ClN3O2. The minimum absolute atomic E-state index is 0.312. The number of urea groups is 1. The minimum atomic E-state index is -0.312. The smallest absolute Gasteiger partial charge is 0.319 e. The van der Waals surface area contributed by atoms with Gasteiger partial charge in [0.15, 0.2) is 0 Å². The first kappa shape index (κ1) is 17.0. The Bertz CT molecular complexity index is 677. The van der Waals surface area contributed by atoms with E-state index < -0.39 is 0 Å². The van der Waals surface area contributed by atoms with Gasteiger partial charge in [0.25, 0.3) is 0 Å². The maximum Gasteiger partial charge on any atom is 0.319 e. The highest BCUT2D eigenvalue weighted by Crippen LogP contribution is 2.23. The first-order chi connectivity index (χ1) is 11.1. The van der Waals surface area contributed by atoms with Crippen LogP contribution in [0.5, 0.6) is 5.75 Å². The van der Waals surface area contributed by atoms with Gasteiger partial charge in [-0.3, -0.25) is 0 Å². The van der Waals surface area contributed by atoms with E-state index >= 15 is 0 Å². The Morgan fingerprint density at radius 2 is 2.04 bits per heavy atom. The molecule has 0 heterocycles. The second-order valence-electron chi connectivity index (χ2n) is 5.09. The highest BCUT2D eigenvalue weighted by molar-refractivity contribution is 6.34. The van der Waals surface area contributed by atoms with E-state index in [2.05, 4.69) is 10.6 Å². The lowest BCUT2D eigenvalue weighted by Gasteiger charge is -2.11. The van der Waals surface area contributed by atoms with Gasteiger partial charge in [0.2, 0.25) is 0 Å². The SMILES string of the molecule is Cc1ccccc1OCCCNC(=O)Nc1ccc(N)cc1Cl. The average Bonchev–Trinajstić information content (AvgIpc) is 2.51. The Morgan fingerprint density at radius 3 is 2.78 bits per heavy atom. The number of hydrogen-bond donors (Lipinski definition) is 3. The third-order valence-electron chi connectivity index (χ3n) is 3.20. The molecule has 0 radical (unpaired) electrons. The summed E-state index contributed by atoms with van der Waals surface area (Å²) in [4.78, 5) is 11.8. The molecule has 2 aromatic rings. The molecule has 23 heavy (non-hydrogen) atoms. The fourth-order valence-electron chi connectivity index (χ4n) is 1.97. The number of nitrogen functional groups attached to an aromatic ring is 1. The fourth-order valence-corrected chi connectivity index (χ4v) is 2.21. The summed E-state index contributed by atoms with van der Waals surface area (Å²) in [6.07, 6.45) is 0.706. The van der Waals surface area contributed by atoms with Crippen molar-refractivity contribution in [1.29, 1.82) is 0 Å². The molecule has 0 aliphatic carbocycles. The average molecular weight is 334 g/mol. The molecule has 2 rings (SSSR count). The second-order valence-corrected chi connectivity index (χ2v) is 5.49. The van der Waals surface area contributed by atoms with Crippen molar-refractivity contribution in [1.82, 2.24) is 5.32 Å². The molecule has 122 valence electrons. The maximum atomic E-state index is 11.8. The molecule has 0 aromatic heterocycles. The van der Waals surface area contributed by atoms with Crippen LogP contribution in [0.25, 0.3) is 0 Å². The summed E-state index contributed by atoms with van der Waals surface area (Å²) in [6.45, 7) is 3.04. The molecule has 4 N–H and O–H groups in total. The fraction of sp³-hybridized carbons (Fsp3) is 0.235. The summed E-state index contributed by atoms with van der Waals surface area (Å²) in [5.41, 5.74) is 7.77. The number of carbonyl (C=O) groups excluding carboxylic acids is 1. The standard InChI is InChI=1S/C17H20ClN3O2/c1-12-5-2-3-6-16(12)23-10-4-9-20-17(22)21-15-8-7-13(19)11-14(15)18/h2-3,5-8,11H,4,9-10,19H2,1H3,(H2,20,21,22). The summed E-state index contributed by atoms with van der Waals surface area (Å²) in [7, 11) is 0. The number of ether oxygens (including phenoxy) is 1. The van der Waals surface area contributed by atoms with Crippen molar-refractivity contribution in [3.05, 3.63) is 53.1 Å². The number of aryl methyl sites for hydroxylation is 1. The maximum absolute atomic E-state index is 11.8. The van der Waals surface area contributed by atoms with E-state index in [4.69, 9.17) is 22.1 Å². The van der Waals surface area contributed by atoms with Gasteiger partial charge in [0, 0.05) is 12.2 Å².